The van der Waals surface area contributed by atoms with Crippen LogP contribution in [0.25, 0.3) is 0 Å². The average molecular weight is 482 g/mol. The number of amides is 2. The van der Waals surface area contributed by atoms with Crippen molar-refractivity contribution in [3.63, 3.8) is 0 Å². The van der Waals surface area contributed by atoms with E-state index in [1.807, 2.05) is 0 Å². The minimum Gasteiger partial charge on any atom is -0.496 e. The number of piperidine rings is 1. The summed E-state index contributed by atoms with van der Waals surface area (Å²) in [6.07, 6.45) is 2.50. The van der Waals surface area contributed by atoms with Gasteiger partial charge in [-0.1, -0.05) is 22.9 Å². The molecule has 1 aliphatic rings. The molecule has 0 radical (unpaired) electrons. The number of rotatable bonds is 9. The third-order valence-corrected chi connectivity index (χ3v) is 6.78. The number of halogens is 1. The standard InChI is InChI=1S/C21H28ClN5O4S/c1-12-18(19(24)28)32-21(25-12)31-11-3-8-27-9-6-13(7-10-27)26-20(29)16-15(30-2)5-4-14(22)17(16)23/h4-5,13H,3,6-11,23H2,1-2H3,(H2,24,28)(H,26,29). The monoisotopic (exact) mass is 481 g/mol. The summed E-state index contributed by atoms with van der Waals surface area (Å²) in [6.45, 7) is 4.87. The number of carbonyl (C=O) groups is 2. The van der Waals surface area contributed by atoms with Crippen molar-refractivity contribution in [1.82, 2.24) is 15.2 Å². The summed E-state index contributed by atoms with van der Waals surface area (Å²) < 4.78 is 10.9. The predicted octanol–water partition coefficient (Wildman–Crippen LogP) is 2.46. The molecule has 11 heteroatoms. The van der Waals surface area contributed by atoms with E-state index in [0.29, 0.717) is 33.1 Å². The molecule has 1 aromatic carbocycles. The van der Waals surface area contributed by atoms with E-state index >= 15 is 0 Å². The first-order valence-corrected chi connectivity index (χ1v) is 11.5. The number of aromatic nitrogens is 1. The molecule has 0 bridgehead atoms. The Labute approximate surface area is 196 Å². The molecule has 0 atom stereocenters. The van der Waals surface area contributed by atoms with Gasteiger partial charge in [0.2, 0.25) is 0 Å². The molecular formula is C21H28ClN5O4S. The lowest BCUT2D eigenvalue weighted by Gasteiger charge is -2.32. The van der Waals surface area contributed by atoms with Gasteiger partial charge in [0, 0.05) is 25.7 Å². The van der Waals surface area contributed by atoms with Crippen molar-refractivity contribution >= 4 is 40.4 Å². The van der Waals surface area contributed by atoms with Gasteiger partial charge in [-0.25, -0.2) is 4.98 Å². The van der Waals surface area contributed by atoms with Crippen molar-refractivity contribution in [3.8, 4) is 10.9 Å². The van der Waals surface area contributed by atoms with Crippen molar-refractivity contribution in [1.29, 1.82) is 0 Å². The second kappa shape index (κ2) is 10.8. The zero-order valence-corrected chi connectivity index (χ0v) is 19.7. The molecule has 0 saturated carbocycles. The van der Waals surface area contributed by atoms with E-state index in [9.17, 15) is 9.59 Å². The topological polar surface area (TPSA) is 133 Å². The lowest BCUT2D eigenvalue weighted by molar-refractivity contribution is 0.0906. The molecule has 1 fully saturated rings. The lowest BCUT2D eigenvalue weighted by atomic mass is 10.0. The van der Waals surface area contributed by atoms with Gasteiger partial charge in [-0.15, -0.1) is 0 Å². The summed E-state index contributed by atoms with van der Waals surface area (Å²) >= 11 is 7.24. The number of ether oxygens (including phenoxy) is 2. The van der Waals surface area contributed by atoms with Crippen LogP contribution >= 0.6 is 22.9 Å². The Balaban J connectivity index is 1.41. The third-order valence-electron chi connectivity index (χ3n) is 5.37. The number of aryl methyl sites for hydroxylation is 1. The number of nitrogens with one attached hydrogen (secondary N) is 1. The number of nitrogens with zero attached hydrogens (tertiary/aromatic N) is 2. The Morgan fingerprint density at radius 3 is 2.69 bits per heavy atom. The minimum atomic E-state index is -0.485. The van der Waals surface area contributed by atoms with Gasteiger partial charge < -0.3 is 31.2 Å². The highest BCUT2D eigenvalue weighted by Gasteiger charge is 2.24. The van der Waals surface area contributed by atoms with Gasteiger partial charge in [0.1, 0.15) is 16.2 Å². The molecule has 5 N–H and O–H groups in total. The number of benzene rings is 1. The smallest absolute Gasteiger partial charge is 0.274 e. The summed E-state index contributed by atoms with van der Waals surface area (Å²) in [5.74, 6) is -0.357. The number of hydrogen-bond donors (Lipinski definition) is 3. The molecule has 1 saturated heterocycles. The molecule has 2 heterocycles. The van der Waals surface area contributed by atoms with E-state index in [-0.39, 0.29) is 23.2 Å². The van der Waals surface area contributed by atoms with Crippen molar-refractivity contribution in [2.75, 3.05) is 39.1 Å². The molecule has 1 aromatic heterocycles. The van der Waals surface area contributed by atoms with Crippen LogP contribution in [0.1, 0.15) is 45.0 Å². The molecule has 9 nitrogen and oxygen atoms in total. The van der Waals surface area contributed by atoms with E-state index in [0.717, 1.165) is 38.9 Å². The summed E-state index contributed by atoms with van der Waals surface area (Å²) in [5.41, 5.74) is 12.4. The number of thiazole rings is 1. The maximum Gasteiger partial charge on any atom is 0.274 e. The highest BCUT2D eigenvalue weighted by atomic mass is 35.5. The molecule has 2 amide bonds. The van der Waals surface area contributed by atoms with E-state index in [2.05, 4.69) is 15.2 Å². The van der Waals surface area contributed by atoms with Crippen LogP contribution < -0.4 is 26.3 Å². The van der Waals surface area contributed by atoms with E-state index in [4.69, 9.17) is 32.5 Å². The fourth-order valence-corrected chi connectivity index (χ4v) is 4.60. The summed E-state index contributed by atoms with van der Waals surface area (Å²) in [4.78, 5) is 31.0. The van der Waals surface area contributed by atoms with Crippen LogP contribution in [0.2, 0.25) is 5.02 Å². The van der Waals surface area contributed by atoms with Crippen LogP contribution in [-0.2, 0) is 0 Å². The van der Waals surface area contributed by atoms with Crippen LogP contribution in [0.15, 0.2) is 12.1 Å². The van der Waals surface area contributed by atoms with Crippen LogP contribution in [0.4, 0.5) is 5.69 Å². The van der Waals surface area contributed by atoms with Gasteiger partial charge in [0.15, 0.2) is 0 Å². The van der Waals surface area contributed by atoms with E-state index in [1.54, 1.807) is 19.1 Å². The number of anilines is 1. The van der Waals surface area contributed by atoms with Crippen molar-refractivity contribution in [2.45, 2.75) is 32.2 Å². The predicted molar refractivity (Wildman–Crippen MR) is 125 cm³/mol. The second-order valence-electron chi connectivity index (χ2n) is 7.59. The van der Waals surface area contributed by atoms with Crippen LogP contribution in [0.5, 0.6) is 10.9 Å². The lowest BCUT2D eigenvalue weighted by Crippen LogP contribution is -2.45. The number of nitrogens with two attached hydrogens (primary N) is 2. The van der Waals surface area contributed by atoms with Gasteiger partial charge in [-0.05, 0) is 38.3 Å². The van der Waals surface area contributed by atoms with Gasteiger partial charge in [-0.2, -0.15) is 0 Å². The number of primary amides is 1. The number of hydrogen-bond acceptors (Lipinski definition) is 8. The first kappa shape index (κ1) is 24.1. The first-order chi connectivity index (χ1) is 15.3. The normalized spacial score (nSPS) is 14.8. The van der Waals surface area contributed by atoms with E-state index < -0.39 is 5.91 Å². The second-order valence-corrected chi connectivity index (χ2v) is 8.96. The van der Waals surface area contributed by atoms with Gasteiger partial charge in [0.25, 0.3) is 17.0 Å². The summed E-state index contributed by atoms with van der Waals surface area (Å²) in [5, 5.41) is 3.84. The minimum absolute atomic E-state index is 0.0589. The Hall–Kier alpha value is -2.56. The molecular weight excluding hydrogens is 454 g/mol. The molecule has 0 spiro atoms. The van der Waals surface area contributed by atoms with Gasteiger partial charge in [0.05, 0.1) is 30.1 Å². The third kappa shape index (κ3) is 5.81. The molecule has 3 rings (SSSR count). The molecule has 174 valence electrons. The average Bonchev–Trinajstić information content (AvgIpc) is 3.14. The number of nitrogen functional groups attached to an aromatic ring is 1. The highest BCUT2D eigenvalue weighted by Crippen LogP contribution is 2.31. The molecule has 32 heavy (non-hydrogen) atoms. The SMILES string of the molecule is COc1ccc(Cl)c(N)c1C(=O)NC1CCN(CCCOc2nc(C)c(C(N)=O)s2)CC1. The summed E-state index contributed by atoms with van der Waals surface area (Å²) in [7, 11) is 1.49. The zero-order chi connectivity index (χ0) is 23.3. The maximum absolute atomic E-state index is 12.8. The fraction of sp³-hybridized carbons (Fsp3) is 0.476. The molecule has 0 aliphatic carbocycles. The van der Waals surface area contributed by atoms with Crippen molar-refractivity contribution in [2.24, 2.45) is 5.73 Å². The van der Waals surface area contributed by atoms with Crippen LogP contribution in [-0.4, -0.2) is 61.1 Å². The molecule has 0 unspecified atom stereocenters. The fourth-order valence-electron chi connectivity index (χ4n) is 3.65. The largest absolute Gasteiger partial charge is 0.496 e. The quantitative estimate of drug-likeness (QED) is 0.370. The first-order valence-electron chi connectivity index (χ1n) is 10.3. The number of methoxy groups -OCH3 is 1. The zero-order valence-electron chi connectivity index (χ0n) is 18.2. The summed E-state index contributed by atoms with van der Waals surface area (Å²) in [6, 6.07) is 3.31. The number of likely N-dealkylation sites (tertiary alicyclic amines) is 1. The Morgan fingerprint density at radius 2 is 2.06 bits per heavy atom. The Bertz CT molecular complexity index is 975. The Morgan fingerprint density at radius 1 is 1.34 bits per heavy atom. The van der Waals surface area contributed by atoms with Crippen LogP contribution in [0, 0.1) is 6.92 Å². The van der Waals surface area contributed by atoms with Crippen molar-refractivity contribution < 1.29 is 19.1 Å². The Kier molecular flexibility index (Phi) is 8.16. The molecule has 1 aliphatic heterocycles. The van der Waals surface area contributed by atoms with Gasteiger partial charge in [-0.3, -0.25) is 9.59 Å². The van der Waals surface area contributed by atoms with Gasteiger partial charge >= 0.3 is 0 Å². The maximum atomic E-state index is 12.8. The van der Waals surface area contributed by atoms with E-state index in [1.165, 1.54) is 18.4 Å². The molecule has 2 aromatic rings. The van der Waals surface area contributed by atoms with Crippen LogP contribution in [0.3, 0.4) is 0 Å². The number of carbonyl (C=O) groups excluding carboxylic acids is 2. The van der Waals surface area contributed by atoms with Crippen molar-refractivity contribution in [3.05, 3.63) is 33.3 Å². The highest BCUT2D eigenvalue weighted by molar-refractivity contribution is 7.15.